The van der Waals surface area contributed by atoms with E-state index >= 15 is 0 Å². The summed E-state index contributed by atoms with van der Waals surface area (Å²) in [4.78, 5) is 4.04. The Bertz CT molecular complexity index is 436. The lowest BCUT2D eigenvalue weighted by Crippen LogP contribution is -2.04. The lowest BCUT2D eigenvalue weighted by molar-refractivity contribution is 0.492. The van der Waals surface area contributed by atoms with Gasteiger partial charge in [-0.1, -0.05) is 0 Å². The van der Waals surface area contributed by atoms with Gasteiger partial charge in [0, 0.05) is 6.07 Å². The number of halogens is 1. The SMILES string of the molecule is CC(N)c1nc2cc(F)ccc2o1. The molecule has 0 radical (unpaired) electrons. The Kier molecular flexibility index (Phi) is 1.77. The van der Waals surface area contributed by atoms with Gasteiger partial charge in [-0.25, -0.2) is 9.37 Å². The number of nitrogens with two attached hydrogens (primary N) is 1. The molecule has 1 unspecified atom stereocenters. The second-order valence-electron chi connectivity index (χ2n) is 2.95. The molecule has 0 spiro atoms. The highest BCUT2D eigenvalue weighted by molar-refractivity contribution is 5.72. The molecule has 0 bridgehead atoms. The maximum absolute atomic E-state index is 12.7. The summed E-state index contributed by atoms with van der Waals surface area (Å²) in [5, 5.41) is 0. The van der Waals surface area contributed by atoms with Gasteiger partial charge in [-0.2, -0.15) is 0 Å². The van der Waals surface area contributed by atoms with Gasteiger partial charge in [0.1, 0.15) is 11.3 Å². The number of aromatic nitrogens is 1. The van der Waals surface area contributed by atoms with E-state index < -0.39 is 0 Å². The summed E-state index contributed by atoms with van der Waals surface area (Å²) in [6.07, 6.45) is 0. The van der Waals surface area contributed by atoms with Gasteiger partial charge in [-0.15, -0.1) is 0 Å². The second-order valence-corrected chi connectivity index (χ2v) is 2.95. The lowest BCUT2D eigenvalue weighted by Gasteiger charge is -1.94. The molecular weight excluding hydrogens is 171 g/mol. The number of nitrogens with zero attached hydrogens (tertiary/aromatic N) is 1. The molecule has 1 atom stereocenters. The Morgan fingerprint density at radius 3 is 3.00 bits per heavy atom. The van der Waals surface area contributed by atoms with E-state index in [-0.39, 0.29) is 11.9 Å². The van der Waals surface area contributed by atoms with E-state index in [2.05, 4.69) is 4.98 Å². The maximum Gasteiger partial charge on any atom is 0.212 e. The van der Waals surface area contributed by atoms with Crippen molar-refractivity contribution < 1.29 is 8.81 Å². The smallest absolute Gasteiger partial charge is 0.212 e. The summed E-state index contributed by atoms with van der Waals surface area (Å²) < 4.78 is 18.0. The predicted molar refractivity (Wildman–Crippen MR) is 46.6 cm³/mol. The third-order valence-electron chi connectivity index (χ3n) is 1.76. The lowest BCUT2D eigenvalue weighted by atomic mass is 10.3. The van der Waals surface area contributed by atoms with Crippen LogP contribution in [-0.4, -0.2) is 4.98 Å². The van der Waals surface area contributed by atoms with Crippen LogP contribution in [0.5, 0.6) is 0 Å². The van der Waals surface area contributed by atoms with E-state index in [9.17, 15) is 4.39 Å². The van der Waals surface area contributed by atoms with Crippen LogP contribution in [0.4, 0.5) is 4.39 Å². The van der Waals surface area contributed by atoms with Crippen LogP contribution in [0.3, 0.4) is 0 Å². The van der Waals surface area contributed by atoms with Crippen molar-refractivity contribution in [2.45, 2.75) is 13.0 Å². The van der Waals surface area contributed by atoms with Crippen LogP contribution in [0.2, 0.25) is 0 Å². The van der Waals surface area contributed by atoms with Crippen molar-refractivity contribution in [3.63, 3.8) is 0 Å². The molecule has 0 saturated heterocycles. The standard InChI is InChI=1S/C9H9FN2O/c1-5(11)9-12-7-4-6(10)2-3-8(7)13-9/h2-5H,11H2,1H3. The third-order valence-corrected chi connectivity index (χ3v) is 1.76. The Morgan fingerprint density at radius 1 is 1.54 bits per heavy atom. The quantitative estimate of drug-likeness (QED) is 0.730. The summed E-state index contributed by atoms with van der Waals surface area (Å²) in [7, 11) is 0. The van der Waals surface area contributed by atoms with Crippen LogP contribution in [0.25, 0.3) is 11.1 Å². The van der Waals surface area contributed by atoms with E-state index in [4.69, 9.17) is 10.2 Å². The summed E-state index contributed by atoms with van der Waals surface area (Å²) in [6, 6.07) is 3.93. The fraction of sp³-hybridized carbons (Fsp3) is 0.222. The second kappa shape index (κ2) is 2.81. The fourth-order valence-corrected chi connectivity index (χ4v) is 1.11. The molecule has 4 heteroatoms. The van der Waals surface area contributed by atoms with Gasteiger partial charge < -0.3 is 10.2 Å². The first-order valence-corrected chi connectivity index (χ1v) is 3.98. The molecule has 0 amide bonds. The highest BCUT2D eigenvalue weighted by atomic mass is 19.1. The summed E-state index contributed by atoms with van der Waals surface area (Å²) in [6.45, 7) is 1.76. The van der Waals surface area contributed by atoms with Crippen molar-refractivity contribution in [3.8, 4) is 0 Å². The van der Waals surface area contributed by atoms with E-state index in [1.165, 1.54) is 12.1 Å². The zero-order valence-corrected chi connectivity index (χ0v) is 7.12. The zero-order chi connectivity index (χ0) is 9.42. The maximum atomic E-state index is 12.7. The van der Waals surface area contributed by atoms with Gasteiger partial charge >= 0.3 is 0 Å². The fourth-order valence-electron chi connectivity index (χ4n) is 1.11. The first-order valence-electron chi connectivity index (χ1n) is 3.98. The van der Waals surface area contributed by atoms with Crippen molar-refractivity contribution in [2.24, 2.45) is 5.73 Å². The van der Waals surface area contributed by atoms with Crippen molar-refractivity contribution in [3.05, 3.63) is 29.9 Å². The molecule has 0 aliphatic rings. The molecule has 2 N–H and O–H groups in total. The Labute approximate surface area is 74.4 Å². The van der Waals surface area contributed by atoms with Crippen molar-refractivity contribution in [2.75, 3.05) is 0 Å². The van der Waals surface area contributed by atoms with Gasteiger partial charge in [0.25, 0.3) is 0 Å². The monoisotopic (exact) mass is 180 g/mol. The highest BCUT2D eigenvalue weighted by Gasteiger charge is 2.09. The average molecular weight is 180 g/mol. The van der Waals surface area contributed by atoms with Crippen LogP contribution in [0.15, 0.2) is 22.6 Å². The molecule has 0 fully saturated rings. The molecule has 0 aliphatic carbocycles. The summed E-state index contributed by atoms with van der Waals surface area (Å²) in [5.74, 6) is 0.109. The van der Waals surface area contributed by atoms with Gasteiger partial charge in [-0.05, 0) is 19.1 Å². The molecule has 1 heterocycles. The molecule has 1 aromatic heterocycles. The van der Waals surface area contributed by atoms with Gasteiger partial charge in [0.15, 0.2) is 5.58 Å². The van der Waals surface area contributed by atoms with Crippen LogP contribution in [0, 0.1) is 5.82 Å². The minimum atomic E-state index is -0.322. The Morgan fingerprint density at radius 2 is 2.31 bits per heavy atom. The largest absolute Gasteiger partial charge is 0.439 e. The minimum absolute atomic E-state index is 0.268. The summed E-state index contributed by atoms with van der Waals surface area (Å²) in [5.41, 5.74) is 6.64. The third kappa shape index (κ3) is 1.40. The van der Waals surface area contributed by atoms with E-state index in [0.717, 1.165) is 0 Å². The Balaban J connectivity index is 2.62. The van der Waals surface area contributed by atoms with Gasteiger partial charge in [0.05, 0.1) is 6.04 Å². The van der Waals surface area contributed by atoms with Gasteiger partial charge in [-0.3, -0.25) is 0 Å². The average Bonchev–Trinajstić information content (AvgIpc) is 2.46. The molecule has 1 aromatic carbocycles. The molecule has 13 heavy (non-hydrogen) atoms. The molecular formula is C9H9FN2O. The van der Waals surface area contributed by atoms with E-state index in [1.807, 2.05) is 0 Å². The first-order chi connectivity index (χ1) is 6.16. The van der Waals surface area contributed by atoms with Crippen LogP contribution < -0.4 is 5.73 Å². The minimum Gasteiger partial charge on any atom is -0.439 e. The van der Waals surface area contributed by atoms with E-state index in [0.29, 0.717) is 17.0 Å². The predicted octanol–water partition coefficient (Wildman–Crippen LogP) is 1.99. The van der Waals surface area contributed by atoms with Crippen LogP contribution in [-0.2, 0) is 0 Å². The first kappa shape index (κ1) is 8.19. The molecule has 3 nitrogen and oxygen atoms in total. The van der Waals surface area contributed by atoms with E-state index in [1.54, 1.807) is 13.0 Å². The van der Waals surface area contributed by atoms with Crippen molar-refractivity contribution >= 4 is 11.1 Å². The number of hydrogen-bond donors (Lipinski definition) is 1. The number of fused-ring (bicyclic) bond motifs is 1. The summed E-state index contributed by atoms with van der Waals surface area (Å²) >= 11 is 0. The van der Waals surface area contributed by atoms with Crippen molar-refractivity contribution in [1.82, 2.24) is 4.98 Å². The number of hydrogen-bond acceptors (Lipinski definition) is 3. The topological polar surface area (TPSA) is 52.0 Å². The number of oxazole rings is 1. The Hall–Kier alpha value is -1.42. The molecule has 0 aliphatic heterocycles. The van der Waals surface area contributed by atoms with Crippen LogP contribution >= 0.6 is 0 Å². The molecule has 0 saturated carbocycles. The molecule has 2 aromatic rings. The highest BCUT2D eigenvalue weighted by Crippen LogP contribution is 2.19. The molecule has 68 valence electrons. The van der Waals surface area contributed by atoms with Crippen molar-refractivity contribution in [1.29, 1.82) is 0 Å². The van der Waals surface area contributed by atoms with Gasteiger partial charge in [0.2, 0.25) is 5.89 Å². The normalized spacial score (nSPS) is 13.5. The molecule has 2 rings (SSSR count). The zero-order valence-electron chi connectivity index (χ0n) is 7.12. The van der Waals surface area contributed by atoms with Crippen LogP contribution in [0.1, 0.15) is 18.9 Å². The number of benzene rings is 1. The number of rotatable bonds is 1.